The zero-order chi connectivity index (χ0) is 9.97. The molecule has 1 fully saturated rings. The lowest BCUT2D eigenvalue weighted by molar-refractivity contribution is 0.260. The number of nitrogens with zero attached hydrogens (tertiary/aromatic N) is 1. The molecule has 0 spiro atoms. The van der Waals surface area contributed by atoms with Gasteiger partial charge in [-0.25, -0.2) is 4.79 Å². The van der Waals surface area contributed by atoms with Gasteiger partial charge in [-0.15, -0.1) is 0 Å². The van der Waals surface area contributed by atoms with Gasteiger partial charge in [-0.3, -0.25) is 4.57 Å². The number of rotatable bonds is 2. The van der Waals surface area contributed by atoms with Crippen LogP contribution in [0.15, 0.2) is 17.2 Å². The average molecular weight is 194 g/mol. The van der Waals surface area contributed by atoms with Gasteiger partial charge in [-0.2, -0.15) is 0 Å². The van der Waals surface area contributed by atoms with Crippen molar-refractivity contribution < 1.29 is 0 Å². The molecule has 1 heterocycles. The van der Waals surface area contributed by atoms with Gasteiger partial charge in [0.25, 0.3) is 0 Å². The Balaban J connectivity index is 2.11. The van der Waals surface area contributed by atoms with Crippen LogP contribution in [0.2, 0.25) is 0 Å². The van der Waals surface area contributed by atoms with Gasteiger partial charge in [-0.1, -0.05) is 19.3 Å². The van der Waals surface area contributed by atoms with E-state index in [1.165, 1.54) is 32.1 Å². The van der Waals surface area contributed by atoms with E-state index in [9.17, 15) is 4.79 Å². The van der Waals surface area contributed by atoms with Crippen LogP contribution >= 0.6 is 0 Å². The topological polar surface area (TPSA) is 37.8 Å². The highest BCUT2D eigenvalue weighted by Gasteiger charge is 2.21. The average Bonchev–Trinajstić information content (AvgIpc) is 2.65. The van der Waals surface area contributed by atoms with E-state index in [0.29, 0.717) is 12.0 Å². The Hall–Kier alpha value is -0.990. The normalized spacial score (nSPS) is 20.9. The molecule has 1 saturated carbocycles. The number of nitrogens with one attached hydrogen (secondary N) is 1. The largest absolute Gasteiger partial charge is 0.325 e. The fourth-order valence-electron chi connectivity index (χ4n) is 2.50. The minimum absolute atomic E-state index is 0.0306. The molecular formula is C11H18N2O. The van der Waals surface area contributed by atoms with Crippen molar-refractivity contribution in [2.75, 3.05) is 0 Å². The number of H-pyrrole nitrogens is 1. The molecular weight excluding hydrogens is 176 g/mol. The van der Waals surface area contributed by atoms with Crippen LogP contribution in [0.5, 0.6) is 0 Å². The monoisotopic (exact) mass is 194 g/mol. The number of hydrogen-bond donors (Lipinski definition) is 1. The summed E-state index contributed by atoms with van der Waals surface area (Å²) in [5.41, 5.74) is 0.0306. The van der Waals surface area contributed by atoms with Crippen molar-refractivity contribution >= 4 is 0 Å². The Morgan fingerprint density at radius 1 is 1.43 bits per heavy atom. The van der Waals surface area contributed by atoms with Crippen LogP contribution in [0.1, 0.15) is 45.1 Å². The number of aromatic nitrogens is 2. The third kappa shape index (κ3) is 1.76. The maximum absolute atomic E-state index is 11.4. The second kappa shape index (κ2) is 4.03. The maximum Gasteiger partial charge on any atom is 0.325 e. The zero-order valence-corrected chi connectivity index (χ0v) is 8.70. The summed E-state index contributed by atoms with van der Waals surface area (Å²) < 4.78 is 1.83. The second-order valence-corrected chi connectivity index (χ2v) is 4.31. The molecule has 2 rings (SSSR count). The number of hydrogen-bond acceptors (Lipinski definition) is 1. The molecule has 1 N–H and O–H groups in total. The summed E-state index contributed by atoms with van der Waals surface area (Å²) in [7, 11) is 0. The third-order valence-corrected chi connectivity index (χ3v) is 3.45. The highest BCUT2D eigenvalue weighted by atomic mass is 16.1. The first-order valence-corrected chi connectivity index (χ1v) is 5.54. The standard InChI is InChI=1S/C11H18N2O/c1-9(10-5-3-2-4-6-10)13-8-7-12-11(13)14/h7-10H,2-6H2,1H3,(H,12,14). The van der Waals surface area contributed by atoms with E-state index in [1.807, 2.05) is 10.8 Å². The predicted molar refractivity (Wildman–Crippen MR) is 56.3 cm³/mol. The molecule has 0 amide bonds. The summed E-state index contributed by atoms with van der Waals surface area (Å²) in [6, 6.07) is 0.356. The van der Waals surface area contributed by atoms with Crippen molar-refractivity contribution in [3.05, 3.63) is 22.9 Å². The minimum Gasteiger partial charge on any atom is -0.313 e. The van der Waals surface area contributed by atoms with Gasteiger partial charge in [-0.05, 0) is 25.7 Å². The first-order valence-electron chi connectivity index (χ1n) is 5.54. The molecule has 0 aliphatic heterocycles. The van der Waals surface area contributed by atoms with Crippen molar-refractivity contribution in [3.8, 4) is 0 Å². The van der Waals surface area contributed by atoms with E-state index in [1.54, 1.807) is 6.20 Å². The van der Waals surface area contributed by atoms with Crippen molar-refractivity contribution in [1.29, 1.82) is 0 Å². The third-order valence-electron chi connectivity index (χ3n) is 3.45. The summed E-state index contributed by atoms with van der Waals surface area (Å²) >= 11 is 0. The lowest BCUT2D eigenvalue weighted by Gasteiger charge is -2.27. The van der Waals surface area contributed by atoms with Gasteiger partial charge in [0.05, 0.1) is 0 Å². The van der Waals surface area contributed by atoms with Gasteiger partial charge in [0.15, 0.2) is 0 Å². The van der Waals surface area contributed by atoms with Crippen molar-refractivity contribution in [2.45, 2.75) is 45.1 Å². The van der Waals surface area contributed by atoms with Crippen LogP contribution in [0.3, 0.4) is 0 Å². The van der Waals surface area contributed by atoms with E-state index in [-0.39, 0.29) is 5.69 Å². The van der Waals surface area contributed by atoms with E-state index < -0.39 is 0 Å². The van der Waals surface area contributed by atoms with Gasteiger partial charge in [0.1, 0.15) is 0 Å². The van der Waals surface area contributed by atoms with E-state index in [0.717, 1.165) is 0 Å². The van der Waals surface area contributed by atoms with Crippen LogP contribution < -0.4 is 5.69 Å². The quantitative estimate of drug-likeness (QED) is 0.770. The Labute approximate surface area is 84.1 Å². The van der Waals surface area contributed by atoms with Crippen LogP contribution in [0.4, 0.5) is 0 Å². The maximum atomic E-state index is 11.4. The smallest absolute Gasteiger partial charge is 0.313 e. The van der Waals surface area contributed by atoms with Gasteiger partial charge >= 0.3 is 5.69 Å². The lowest BCUT2D eigenvalue weighted by atomic mass is 9.84. The minimum atomic E-state index is 0.0306. The molecule has 0 radical (unpaired) electrons. The summed E-state index contributed by atoms with van der Waals surface area (Å²) in [5.74, 6) is 0.692. The van der Waals surface area contributed by atoms with Gasteiger partial charge in [0.2, 0.25) is 0 Å². The molecule has 1 aromatic rings. The lowest BCUT2D eigenvalue weighted by Crippen LogP contribution is -2.26. The molecule has 0 bridgehead atoms. The molecule has 1 atom stereocenters. The van der Waals surface area contributed by atoms with Crippen LogP contribution in [-0.4, -0.2) is 9.55 Å². The molecule has 1 aliphatic carbocycles. The van der Waals surface area contributed by atoms with Crippen molar-refractivity contribution in [2.24, 2.45) is 5.92 Å². The summed E-state index contributed by atoms with van der Waals surface area (Å²) in [6.45, 7) is 2.16. The van der Waals surface area contributed by atoms with E-state index in [4.69, 9.17) is 0 Å². The molecule has 1 aromatic heterocycles. The number of imidazole rings is 1. The second-order valence-electron chi connectivity index (χ2n) is 4.31. The molecule has 0 saturated heterocycles. The highest BCUT2D eigenvalue weighted by Crippen LogP contribution is 2.31. The molecule has 3 heteroatoms. The van der Waals surface area contributed by atoms with Crippen molar-refractivity contribution in [1.82, 2.24) is 9.55 Å². The zero-order valence-electron chi connectivity index (χ0n) is 8.70. The van der Waals surface area contributed by atoms with Crippen LogP contribution in [-0.2, 0) is 0 Å². The number of aromatic amines is 1. The summed E-state index contributed by atoms with van der Waals surface area (Å²) in [4.78, 5) is 14.1. The highest BCUT2D eigenvalue weighted by molar-refractivity contribution is 4.84. The first-order chi connectivity index (χ1) is 6.79. The Bertz CT molecular complexity index is 333. The fourth-order valence-corrected chi connectivity index (χ4v) is 2.50. The first kappa shape index (κ1) is 9.56. The molecule has 1 aliphatic rings. The van der Waals surface area contributed by atoms with Crippen molar-refractivity contribution in [3.63, 3.8) is 0 Å². The molecule has 78 valence electrons. The molecule has 14 heavy (non-hydrogen) atoms. The van der Waals surface area contributed by atoms with Crippen LogP contribution in [0, 0.1) is 5.92 Å². The Morgan fingerprint density at radius 3 is 2.71 bits per heavy atom. The van der Waals surface area contributed by atoms with Gasteiger partial charge in [0, 0.05) is 18.4 Å². The van der Waals surface area contributed by atoms with E-state index >= 15 is 0 Å². The Kier molecular flexibility index (Phi) is 2.75. The van der Waals surface area contributed by atoms with Gasteiger partial charge < -0.3 is 4.98 Å². The van der Waals surface area contributed by atoms with Crippen LogP contribution in [0.25, 0.3) is 0 Å². The SMILES string of the molecule is CC(C1CCCCC1)n1cc[nH]c1=O. The molecule has 1 unspecified atom stereocenters. The fraction of sp³-hybridized carbons (Fsp3) is 0.727. The summed E-state index contributed by atoms with van der Waals surface area (Å²) in [5, 5.41) is 0. The molecule has 0 aromatic carbocycles. The molecule has 3 nitrogen and oxygen atoms in total. The predicted octanol–water partition coefficient (Wildman–Crippen LogP) is 2.32. The Morgan fingerprint density at radius 2 is 2.14 bits per heavy atom. The summed E-state index contributed by atoms with van der Waals surface area (Å²) in [6.07, 6.45) is 10.2. The van der Waals surface area contributed by atoms with E-state index in [2.05, 4.69) is 11.9 Å².